The van der Waals surface area contributed by atoms with Crippen LogP contribution in [0.5, 0.6) is 0 Å². The highest BCUT2D eigenvalue weighted by Crippen LogP contribution is 2.14. The molecule has 1 aromatic carbocycles. The minimum atomic E-state index is -0.346. The van der Waals surface area contributed by atoms with Gasteiger partial charge in [-0.3, -0.25) is 4.79 Å². The Balaban J connectivity index is 1.53. The smallest absolute Gasteiger partial charge is 0.338 e. The molecular formula is C21H24N2O4. The highest BCUT2D eigenvalue weighted by Gasteiger charge is 2.13. The molecule has 0 unspecified atom stereocenters. The van der Waals surface area contributed by atoms with Crippen LogP contribution in [-0.2, 0) is 27.1 Å². The number of aromatic nitrogens is 1. The summed E-state index contributed by atoms with van der Waals surface area (Å²) in [6, 6.07) is 10.9. The summed E-state index contributed by atoms with van der Waals surface area (Å²) in [4.78, 5) is 30.7. The molecule has 1 aliphatic rings. The Kier molecular flexibility index (Phi) is 6.54. The molecule has 0 N–H and O–H groups in total. The lowest BCUT2D eigenvalue weighted by atomic mass is 10.0. The molecule has 142 valence electrons. The topological polar surface area (TPSA) is 68.7 Å². The molecular weight excluding hydrogens is 344 g/mol. The SMILES string of the molecule is CCOC(=O)c1ccc(CC(=O)Cc2ccc(N3CCOCC3)nc2)cc1. The van der Waals surface area contributed by atoms with E-state index in [9.17, 15) is 9.59 Å². The molecule has 2 aromatic rings. The average Bonchev–Trinajstić information content (AvgIpc) is 2.70. The van der Waals surface area contributed by atoms with Crippen molar-refractivity contribution < 1.29 is 19.1 Å². The van der Waals surface area contributed by atoms with Crippen molar-refractivity contribution in [2.75, 3.05) is 37.8 Å². The zero-order chi connectivity index (χ0) is 19.1. The number of carbonyl (C=O) groups is 2. The third kappa shape index (κ3) is 5.37. The Labute approximate surface area is 159 Å². The fourth-order valence-corrected chi connectivity index (χ4v) is 2.99. The number of rotatable bonds is 7. The lowest BCUT2D eigenvalue weighted by Crippen LogP contribution is -2.36. The zero-order valence-electron chi connectivity index (χ0n) is 15.5. The number of anilines is 1. The van der Waals surface area contributed by atoms with Crippen molar-refractivity contribution in [3.63, 3.8) is 0 Å². The van der Waals surface area contributed by atoms with E-state index in [-0.39, 0.29) is 11.8 Å². The van der Waals surface area contributed by atoms with Gasteiger partial charge in [0.2, 0.25) is 0 Å². The van der Waals surface area contributed by atoms with Gasteiger partial charge in [0.15, 0.2) is 0 Å². The third-order valence-electron chi connectivity index (χ3n) is 4.41. The highest BCUT2D eigenvalue weighted by atomic mass is 16.5. The monoisotopic (exact) mass is 368 g/mol. The summed E-state index contributed by atoms with van der Waals surface area (Å²) in [5.74, 6) is 0.686. The van der Waals surface area contributed by atoms with Gasteiger partial charge in [-0.25, -0.2) is 9.78 Å². The Hall–Kier alpha value is -2.73. The number of nitrogens with zero attached hydrogens (tertiary/aromatic N) is 2. The van der Waals surface area contributed by atoms with E-state index in [1.165, 1.54) is 0 Å². The van der Waals surface area contributed by atoms with Gasteiger partial charge in [-0.1, -0.05) is 18.2 Å². The normalized spacial score (nSPS) is 14.0. The molecule has 3 rings (SSSR count). The van der Waals surface area contributed by atoms with Crippen LogP contribution in [0.15, 0.2) is 42.6 Å². The van der Waals surface area contributed by atoms with Crippen LogP contribution in [0.3, 0.4) is 0 Å². The molecule has 0 bridgehead atoms. The minimum absolute atomic E-state index is 0.111. The van der Waals surface area contributed by atoms with Crippen LogP contribution in [0.4, 0.5) is 5.82 Å². The first kappa shape index (κ1) is 19.0. The van der Waals surface area contributed by atoms with E-state index in [1.807, 2.05) is 12.1 Å². The molecule has 27 heavy (non-hydrogen) atoms. The average molecular weight is 368 g/mol. The largest absolute Gasteiger partial charge is 0.462 e. The van der Waals surface area contributed by atoms with Gasteiger partial charge in [-0.2, -0.15) is 0 Å². The number of morpholine rings is 1. The zero-order valence-corrected chi connectivity index (χ0v) is 15.5. The van der Waals surface area contributed by atoms with E-state index < -0.39 is 0 Å². The van der Waals surface area contributed by atoms with Crippen molar-refractivity contribution in [3.05, 3.63) is 59.3 Å². The molecule has 0 radical (unpaired) electrons. The molecule has 6 heteroatoms. The predicted octanol–water partition coefficient (Wildman–Crippen LogP) is 2.45. The number of carbonyl (C=O) groups excluding carboxylic acids is 2. The van der Waals surface area contributed by atoms with Crippen molar-refractivity contribution in [1.82, 2.24) is 4.98 Å². The Morgan fingerprint density at radius 1 is 1.04 bits per heavy atom. The van der Waals surface area contributed by atoms with Gasteiger partial charge in [0, 0.05) is 32.1 Å². The fraction of sp³-hybridized carbons (Fsp3) is 0.381. The Bertz CT molecular complexity index is 766. The first-order valence-corrected chi connectivity index (χ1v) is 9.21. The number of benzene rings is 1. The molecule has 1 saturated heterocycles. The maximum atomic E-state index is 12.3. The first-order chi connectivity index (χ1) is 13.2. The summed E-state index contributed by atoms with van der Waals surface area (Å²) >= 11 is 0. The van der Waals surface area contributed by atoms with Crippen molar-refractivity contribution >= 4 is 17.6 Å². The van der Waals surface area contributed by atoms with E-state index in [0.717, 1.165) is 43.2 Å². The predicted molar refractivity (Wildman–Crippen MR) is 102 cm³/mol. The second-order valence-corrected chi connectivity index (χ2v) is 6.43. The van der Waals surface area contributed by atoms with E-state index in [4.69, 9.17) is 9.47 Å². The molecule has 1 aromatic heterocycles. The van der Waals surface area contributed by atoms with Crippen molar-refractivity contribution in [1.29, 1.82) is 0 Å². The minimum Gasteiger partial charge on any atom is -0.462 e. The van der Waals surface area contributed by atoms with Gasteiger partial charge >= 0.3 is 5.97 Å². The maximum Gasteiger partial charge on any atom is 0.338 e. The van der Waals surface area contributed by atoms with Gasteiger partial charge < -0.3 is 14.4 Å². The van der Waals surface area contributed by atoms with Crippen LogP contribution in [0.2, 0.25) is 0 Å². The number of hydrogen-bond donors (Lipinski definition) is 0. The third-order valence-corrected chi connectivity index (χ3v) is 4.41. The van der Waals surface area contributed by atoms with Crippen LogP contribution in [0.25, 0.3) is 0 Å². The molecule has 6 nitrogen and oxygen atoms in total. The number of hydrogen-bond acceptors (Lipinski definition) is 6. The quantitative estimate of drug-likeness (QED) is 0.699. The number of ketones is 1. The molecule has 0 saturated carbocycles. The molecule has 0 amide bonds. The van der Waals surface area contributed by atoms with Gasteiger partial charge in [0.25, 0.3) is 0 Å². The highest BCUT2D eigenvalue weighted by molar-refractivity contribution is 5.89. The van der Waals surface area contributed by atoms with Gasteiger partial charge in [0.05, 0.1) is 25.4 Å². The van der Waals surface area contributed by atoms with E-state index in [0.29, 0.717) is 25.0 Å². The summed E-state index contributed by atoms with van der Waals surface area (Å²) in [5.41, 5.74) is 2.28. The number of Topliss-reactive ketones (excluding diaryl/α,β-unsaturated/α-hetero) is 1. The molecule has 0 atom stereocenters. The van der Waals surface area contributed by atoms with Gasteiger partial charge in [0.1, 0.15) is 11.6 Å². The van der Waals surface area contributed by atoms with E-state index in [2.05, 4.69) is 9.88 Å². The summed E-state index contributed by atoms with van der Waals surface area (Å²) in [5, 5.41) is 0. The molecule has 0 spiro atoms. The number of esters is 1. The Morgan fingerprint density at radius 2 is 1.70 bits per heavy atom. The standard InChI is InChI=1S/C21H24N2O4/c1-2-27-21(25)18-6-3-16(4-7-18)13-19(24)14-17-5-8-20(22-15-17)23-9-11-26-12-10-23/h3-8,15H,2,9-14H2,1H3. The summed E-state index contributed by atoms with van der Waals surface area (Å²) in [6.07, 6.45) is 2.44. The van der Waals surface area contributed by atoms with Crippen LogP contribution >= 0.6 is 0 Å². The molecule has 1 fully saturated rings. The lowest BCUT2D eigenvalue weighted by molar-refractivity contribution is -0.117. The second-order valence-electron chi connectivity index (χ2n) is 6.43. The second kappa shape index (κ2) is 9.28. The fourth-order valence-electron chi connectivity index (χ4n) is 2.99. The number of ether oxygens (including phenoxy) is 2. The van der Waals surface area contributed by atoms with Crippen LogP contribution in [0, 0.1) is 0 Å². The molecule has 1 aliphatic heterocycles. The lowest BCUT2D eigenvalue weighted by Gasteiger charge is -2.27. The summed E-state index contributed by atoms with van der Waals surface area (Å²) in [6.45, 7) is 5.23. The van der Waals surface area contributed by atoms with Crippen molar-refractivity contribution in [2.24, 2.45) is 0 Å². The first-order valence-electron chi connectivity index (χ1n) is 9.21. The summed E-state index contributed by atoms with van der Waals surface area (Å²) in [7, 11) is 0. The van der Waals surface area contributed by atoms with Crippen molar-refractivity contribution in [2.45, 2.75) is 19.8 Å². The van der Waals surface area contributed by atoms with Crippen LogP contribution < -0.4 is 4.90 Å². The van der Waals surface area contributed by atoms with Crippen molar-refractivity contribution in [3.8, 4) is 0 Å². The Morgan fingerprint density at radius 3 is 2.33 bits per heavy atom. The van der Waals surface area contributed by atoms with Gasteiger partial charge in [-0.05, 0) is 36.2 Å². The van der Waals surface area contributed by atoms with E-state index >= 15 is 0 Å². The van der Waals surface area contributed by atoms with Crippen LogP contribution in [-0.4, -0.2) is 49.6 Å². The number of pyridine rings is 1. The maximum absolute atomic E-state index is 12.3. The summed E-state index contributed by atoms with van der Waals surface area (Å²) < 4.78 is 10.3. The van der Waals surface area contributed by atoms with Gasteiger partial charge in [-0.15, -0.1) is 0 Å². The molecule has 2 heterocycles. The van der Waals surface area contributed by atoms with E-state index in [1.54, 1.807) is 37.4 Å². The van der Waals surface area contributed by atoms with Crippen LogP contribution in [0.1, 0.15) is 28.4 Å². The molecule has 0 aliphatic carbocycles.